The summed E-state index contributed by atoms with van der Waals surface area (Å²) in [7, 11) is 1.89. The molecular formula is C24H22ClN7O. The summed E-state index contributed by atoms with van der Waals surface area (Å²) in [5.41, 5.74) is 11.6. The average molecular weight is 460 g/mol. The van der Waals surface area contributed by atoms with Crippen molar-refractivity contribution in [3.05, 3.63) is 89.8 Å². The van der Waals surface area contributed by atoms with Crippen molar-refractivity contribution in [3.8, 4) is 11.1 Å². The molecule has 0 radical (unpaired) electrons. The average Bonchev–Trinajstić information content (AvgIpc) is 3.45. The van der Waals surface area contributed by atoms with Crippen LogP contribution >= 0.6 is 11.6 Å². The molecule has 0 aliphatic heterocycles. The minimum absolute atomic E-state index is 0.143. The summed E-state index contributed by atoms with van der Waals surface area (Å²) >= 11 is 5.91. The van der Waals surface area contributed by atoms with E-state index in [-0.39, 0.29) is 11.9 Å². The Morgan fingerprint density at radius 1 is 1.21 bits per heavy atom. The number of hydrogen-bond acceptors (Lipinski definition) is 5. The monoisotopic (exact) mass is 459 g/mol. The van der Waals surface area contributed by atoms with E-state index in [1.165, 1.54) is 0 Å². The van der Waals surface area contributed by atoms with E-state index in [1.54, 1.807) is 35.3 Å². The number of rotatable bonds is 5. The molecule has 8 nitrogen and oxygen atoms in total. The van der Waals surface area contributed by atoms with E-state index in [4.69, 9.17) is 17.3 Å². The number of carbonyl (C=O) groups is 1. The molecule has 2 unspecified atom stereocenters. The molecule has 3 aromatic heterocycles. The topological polar surface area (TPSA) is 103 Å². The van der Waals surface area contributed by atoms with Gasteiger partial charge in [0.1, 0.15) is 12.4 Å². The Labute approximate surface area is 195 Å². The molecule has 33 heavy (non-hydrogen) atoms. The number of aromatic nitrogens is 5. The molecule has 5 rings (SSSR count). The number of fused-ring (bicyclic) bond motifs is 1. The van der Waals surface area contributed by atoms with Gasteiger partial charge in [0.05, 0.1) is 23.4 Å². The van der Waals surface area contributed by atoms with Gasteiger partial charge >= 0.3 is 0 Å². The van der Waals surface area contributed by atoms with Crippen LogP contribution in [0.25, 0.3) is 22.2 Å². The summed E-state index contributed by atoms with van der Waals surface area (Å²) in [6.45, 7) is 0. The lowest BCUT2D eigenvalue weighted by molar-refractivity contribution is -0.122. The van der Waals surface area contributed by atoms with E-state index in [9.17, 15) is 4.79 Å². The fourth-order valence-electron chi connectivity index (χ4n) is 3.88. The first-order valence-electron chi connectivity index (χ1n) is 10.5. The molecule has 0 spiro atoms. The summed E-state index contributed by atoms with van der Waals surface area (Å²) in [6, 6.07) is 8.13. The van der Waals surface area contributed by atoms with Crippen LogP contribution < -0.4 is 11.1 Å². The van der Waals surface area contributed by atoms with E-state index in [2.05, 4.69) is 32.6 Å². The standard InChI is InChI=1S/C24H22ClN7O/c1-31-12-18(11-28-31)17-10-21-23(27-14-29-32(21)13-17)16-4-8-20(9-5-16)30-24(33)22(26)15-2-6-19(25)7-3-15/h2-8,10-14,20,22H,9,26H2,1H3,(H,30,33). The van der Waals surface area contributed by atoms with Gasteiger partial charge in [0.15, 0.2) is 0 Å². The van der Waals surface area contributed by atoms with Crippen LogP contribution in [0.1, 0.15) is 23.7 Å². The lowest BCUT2D eigenvalue weighted by Crippen LogP contribution is -2.40. The molecule has 9 heteroatoms. The molecular weight excluding hydrogens is 438 g/mol. The second kappa shape index (κ2) is 8.65. The van der Waals surface area contributed by atoms with Crippen LogP contribution in [0.5, 0.6) is 0 Å². The first-order chi connectivity index (χ1) is 16.0. The van der Waals surface area contributed by atoms with Crippen molar-refractivity contribution < 1.29 is 4.79 Å². The lowest BCUT2D eigenvalue weighted by atomic mass is 9.99. The molecule has 3 N–H and O–H groups in total. The molecule has 166 valence electrons. The third-order valence-corrected chi connectivity index (χ3v) is 5.91. The second-order valence-electron chi connectivity index (χ2n) is 7.97. The SMILES string of the molecule is Cn1cc(-c2cc3c(C4=CCC(NC(=O)C(N)c5ccc(Cl)cc5)C=C4)ncnn3c2)cn1. The van der Waals surface area contributed by atoms with Crippen molar-refractivity contribution in [1.29, 1.82) is 0 Å². The van der Waals surface area contributed by atoms with Crippen LogP contribution in [0.2, 0.25) is 5.02 Å². The van der Waals surface area contributed by atoms with Crippen molar-refractivity contribution in [3.63, 3.8) is 0 Å². The van der Waals surface area contributed by atoms with Gasteiger partial charge in [-0.3, -0.25) is 9.48 Å². The van der Waals surface area contributed by atoms with Crippen LogP contribution in [-0.4, -0.2) is 36.3 Å². The fraction of sp³-hybridized carbons (Fsp3) is 0.167. The lowest BCUT2D eigenvalue weighted by Gasteiger charge is -2.20. The summed E-state index contributed by atoms with van der Waals surface area (Å²) < 4.78 is 3.59. The third kappa shape index (κ3) is 4.30. The zero-order chi connectivity index (χ0) is 22.9. The minimum atomic E-state index is -0.755. The summed E-state index contributed by atoms with van der Waals surface area (Å²) in [5, 5.41) is 12.2. The number of nitrogens with one attached hydrogen (secondary N) is 1. The predicted octanol–water partition coefficient (Wildman–Crippen LogP) is 3.31. The summed E-state index contributed by atoms with van der Waals surface area (Å²) in [6.07, 6.45) is 13.9. The second-order valence-corrected chi connectivity index (χ2v) is 8.40. The number of nitrogens with zero attached hydrogens (tertiary/aromatic N) is 5. The van der Waals surface area contributed by atoms with Crippen molar-refractivity contribution in [2.24, 2.45) is 12.8 Å². The van der Waals surface area contributed by atoms with Gasteiger partial charge in [0.2, 0.25) is 5.91 Å². The number of halogens is 1. The number of carbonyl (C=O) groups excluding carboxylic acids is 1. The van der Waals surface area contributed by atoms with E-state index in [1.807, 2.05) is 42.3 Å². The zero-order valence-corrected chi connectivity index (χ0v) is 18.6. The van der Waals surface area contributed by atoms with Crippen LogP contribution in [-0.2, 0) is 11.8 Å². The number of allylic oxidation sites excluding steroid dienone is 2. The molecule has 1 aliphatic carbocycles. The minimum Gasteiger partial charge on any atom is -0.348 e. The highest BCUT2D eigenvalue weighted by Gasteiger charge is 2.20. The van der Waals surface area contributed by atoms with Gasteiger partial charge in [-0.1, -0.05) is 42.0 Å². The fourth-order valence-corrected chi connectivity index (χ4v) is 4.00. The number of hydrogen-bond donors (Lipinski definition) is 2. The van der Waals surface area contributed by atoms with Gasteiger partial charge in [-0.2, -0.15) is 10.2 Å². The van der Waals surface area contributed by atoms with E-state index < -0.39 is 6.04 Å². The van der Waals surface area contributed by atoms with Crippen molar-refractivity contribution in [1.82, 2.24) is 29.7 Å². The number of nitrogens with two attached hydrogens (primary N) is 1. The van der Waals surface area contributed by atoms with Gasteiger partial charge in [-0.15, -0.1) is 0 Å². The Morgan fingerprint density at radius 3 is 2.73 bits per heavy atom. The van der Waals surface area contributed by atoms with Crippen molar-refractivity contribution in [2.75, 3.05) is 0 Å². The molecule has 2 atom stereocenters. The molecule has 0 saturated carbocycles. The maximum atomic E-state index is 12.6. The van der Waals surface area contributed by atoms with Gasteiger partial charge in [0, 0.05) is 35.6 Å². The largest absolute Gasteiger partial charge is 0.348 e. The molecule has 0 saturated heterocycles. The number of amides is 1. The number of benzene rings is 1. The Bertz CT molecular complexity index is 1380. The smallest absolute Gasteiger partial charge is 0.241 e. The van der Waals surface area contributed by atoms with Gasteiger partial charge in [0.25, 0.3) is 0 Å². The van der Waals surface area contributed by atoms with Gasteiger partial charge in [-0.25, -0.2) is 9.50 Å². The molecule has 1 aromatic carbocycles. The Balaban J connectivity index is 1.31. The molecule has 0 bridgehead atoms. The van der Waals surface area contributed by atoms with E-state index in [0.717, 1.165) is 27.9 Å². The molecule has 4 aromatic rings. The van der Waals surface area contributed by atoms with Crippen LogP contribution in [0.15, 0.2) is 73.5 Å². The summed E-state index contributed by atoms with van der Waals surface area (Å²) in [4.78, 5) is 17.1. The normalized spacial score (nSPS) is 16.6. The van der Waals surface area contributed by atoms with Gasteiger partial charge < -0.3 is 11.1 Å². The Hall–Kier alpha value is -3.75. The summed E-state index contributed by atoms with van der Waals surface area (Å²) in [5.74, 6) is -0.235. The Kier molecular flexibility index (Phi) is 5.53. The third-order valence-electron chi connectivity index (χ3n) is 5.66. The quantitative estimate of drug-likeness (QED) is 0.476. The van der Waals surface area contributed by atoms with Crippen LogP contribution in [0.3, 0.4) is 0 Å². The highest BCUT2D eigenvalue weighted by Crippen LogP contribution is 2.28. The maximum absolute atomic E-state index is 12.6. The van der Waals surface area contributed by atoms with Gasteiger partial charge in [-0.05, 0) is 35.8 Å². The van der Waals surface area contributed by atoms with E-state index >= 15 is 0 Å². The molecule has 0 fully saturated rings. The number of aryl methyl sites for hydroxylation is 1. The van der Waals surface area contributed by atoms with E-state index in [0.29, 0.717) is 17.0 Å². The predicted molar refractivity (Wildman–Crippen MR) is 127 cm³/mol. The van der Waals surface area contributed by atoms with Crippen molar-refractivity contribution in [2.45, 2.75) is 18.5 Å². The maximum Gasteiger partial charge on any atom is 0.241 e. The first kappa shape index (κ1) is 21.1. The van der Waals surface area contributed by atoms with Crippen molar-refractivity contribution >= 4 is 28.6 Å². The zero-order valence-electron chi connectivity index (χ0n) is 17.9. The van der Waals surface area contributed by atoms with Crippen LogP contribution in [0, 0.1) is 0 Å². The highest BCUT2D eigenvalue weighted by atomic mass is 35.5. The molecule has 3 heterocycles. The van der Waals surface area contributed by atoms with Crippen LogP contribution in [0.4, 0.5) is 0 Å². The Morgan fingerprint density at radius 2 is 2.03 bits per heavy atom. The molecule has 1 amide bonds. The molecule has 1 aliphatic rings. The first-order valence-corrected chi connectivity index (χ1v) is 10.9. The highest BCUT2D eigenvalue weighted by molar-refractivity contribution is 6.30.